The molecule has 24 heavy (non-hydrogen) atoms. The van der Waals surface area contributed by atoms with Gasteiger partial charge in [-0.25, -0.2) is 0 Å². The third-order valence-corrected chi connectivity index (χ3v) is 4.65. The van der Waals surface area contributed by atoms with Gasteiger partial charge in [-0.3, -0.25) is 14.4 Å². The van der Waals surface area contributed by atoms with Crippen molar-refractivity contribution >= 4 is 29.3 Å². The molecule has 1 heterocycles. The molecule has 1 aliphatic heterocycles. The van der Waals surface area contributed by atoms with Gasteiger partial charge in [-0.15, -0.1) is 0 Å². The van der Waals surface area contributed by atoms with E-state index in [9.17, 15) is 14.4 Å². The number of nitrogens with one attached hydrogen (secondary N) is 2. The molecule has 0 radical (unpaired) electrons. The smallest absolute Gasteiger partial charge is 0.239 e. The van der Waals surface area contributed by atoms with E-state index in [1.54, 1.807) is 11.0 Å². The van der Waals surface area contributed by atoms with E-state index in [1.165, 1.54) is 7.05 Å². The molecule has 0 saturated carbocycles. The van der Waals surface area contributed by atoms with Gasteiger partial charge in [0.2, 0.25) is 17.7 Å². The number of benzene rings is 1. The van der Waals surface area contributed by atoms with E-state index in [2.05, 4.69) is 10.6 Å². The molecule has 130 valence electrons. The number of halogens is 1. The van der Waals surface area contributed by atoms with Crippen molar-refractivity contribution in [3.63, 3.8) is 0 Å². The van der Waals surface area contributed by atoms with Crippen LogP contribution in [0.4, 0.5) is 0 Å². The van der Waals surface area contributed by atoms with Crippen LogP contribution in [0.15, 0.2) is 24.3 Å². The molecule has 7 heteroatoms. The Morgan fingerprint density at radius 2 is 2.04 bits per heavy atom. The van der Waals surface area contributed by atoms with Crippen LogP contribution in [0.2, 0.25) is 5.02 Å². The molecule has 1 aromatic rings. The minimum atomic E-state index is -0.438. The van der Waals surface area contributed by atoms with Crippen LogP contribution >= 0.6 is 11.6 Å². The molecule has 0 bridgehead atoms. The van der Waals surface area contributed by atoms with Crippen LogP contribution in [-0.4, -0.2) is 42.8 Å². The summed E-state index contributed by atoms with van der Waals surface area (Å²) in [5, 5.41) is 5.64. The Morgan fingerprint density at radius 1 is 1.33 bits per heavy atom. The van der Waals surface area contributed by atoms with Gasteiger partial charge in [-0.2, -0.15) is 0 Å². The van der Waals surface area contributed by atoms with Crippen molar-refractivity contribution in [2.75, 3.05) is 20.1 Å². The topological polar surface area (TPSA) is 78.5 Å². The maximum atomic E-state index is 12.6. The SMILES string of the molecule is CCN1C(=O)CC[C@@H](C(=O)NCC(=O)NC)[C@@H]1c1ccccc1Cl. The number of nitrogens with zero attached hydrogens (tertiary/aromatic N) is 1. The highest BCUT2D eigenvalue weighted by Crippen LogP contribution is 2.39. The summed E-state index contributed by atoms with van der Waals surface area (Å²) in [6.07, 6.45) is 0.748. The van der Waals surface area contributed by atoms with Crippen molar-refractivity contribution in [2.45, 2.75) is 25.8 Å². The quantitative estimate of drug-likeness (QED) is 0.843. The molecule has 2 rings (SSSR count). The van der Waals surface area contributed by atoms with Gasteiger partial charge >= 0.3 is 0 Å². The Kier molecular flexibility index (Phi) is 6.20. The summed E-state index contributed by atoms with van der Waals surface area (Å²) in [4.78, 5) is 38.0. The molecule has 2 atom stereocenters. The van der Waals surface area contributed by atoms with E-state index in [1.807, 2.05) is 25.1 Å². The summed E-state index contributed by atoms with van der Waals surface area (Å²) in [6, 6.07) is 6.83. The fraction of sp³-hybridized carbons (Fsp3) is 0.471. The monoisotopic (exact) mass is 351 g/mol. The average molecular weight is 352 g/mol. The number of hydrogen-bond donors (Lipinski definition) is 2. The normalized spacial score (nSPS) is 20.6. The lowest BCUT2D eigenvalue weighted by molar-refractivity contribution is -0.143. The van der Waals surface area contributed by atoms with Crippen molar-refractivity contribution in [2.24, 2.45) is 5.92 Å². The van der Waals surface area contributed by atoms with Crippen LogP contribution in [0.25, 0.3) is 0 Å². The van der Waals surface area contributed by atoms with Crippen molar-refractivity contribution in [1.82, 2.24) is 15.5 Å². The van der Waals surface area contributed by atoms with E-state index < -0.39 is 12.0 Å². The second-order valence-corrected chi connectivity index (χ2v) is 6.09. The maximum Gasteiger partial charge on any atom is 0.239 e. The molecule has 6 nitrogen and oxygen atoms in total. The molecule has 0 aliphatic carbocycles. The van der Waals surface area contributed by atoms with Crippen molar-refractivity contribution in [1.29, 1.82) is 0 Å². The number of rotatable bonds is 5. The van der Waals surface area contributed by atoms with Crippen LogP contribution in [0, 0.1) is 5.92 Å². The van der Waals surface area contributed by atoms with E-state index in [0.717, 1.165) is 5.56 Å². The lowest BCUT2D eigenvalue weighted by atomic mass is 9.83. The molecule has 0 aromatic heterocycles. The van der Waals surface area contributed by atoms with E-state index in [0.29, 0.717) is 24.4 Å². The number of likely N-dealkylation sites (tertiary alicyclic amines) is 1. The van der Waals surface area contributed by atoms with Crippen molar-refractivity contribution in [3.8, 4) is 0 Å². The number of piperidine rings is 1. The van der Waals surface area contributed by atoms with Gasteiger partial charge in [0.1, 0.15) is 0 Å². The summed E-state index contributed by atoms with van der Waals surface area (Å²) in [5.41, 5.74) is 0.758. The van der Waals surface area contributed by atoms with Gasteiger partial charge in [0.15, 0.2) is 0 Å². The summed E-state index contributed by atoms with van der Waals surface area (Å²) in [7, 11) is 1.51. The summed E-state index contributed by atoms with van der Waals surface area (Å²) in [6.45, 7) is 2.29. The average Bonchev–Trinajstić information content (AvgIpc) is 2.59. The molecule has 2 N–H and O–H groups in total. The highest BCUT2D eigenvalue weighted by atomic mass is 35.5. The van der Waals surface area contributed by atoms with Crippen LogP contribution in [0.5, 0.6) is 0 Å². The van der Waals surface area contributed by atoms with Crippen molar-refractivity contribution in [3.05, 3.63) is 34.9 Å². The van der Waals surface area contributed by atoms with Gasteiger partial charge in [-0.05, 0) is 25.0 Å². The first-order valence-electron chi connectivity index (χ1n) is 8.01. The Hall–Kier alpha value is -2.08. The highest BCUT2D eigenvalue weighted by molar-refractivity contribution is 6.31. The molecular weight excluding hydrogens is 330 g/mol. The second-order valence-electron chi connectivity index (χ2n) is 5.68. The number of likely N-dealkylation sites (N-methyl/N-ethyl adjacent to an activating group) is 1. The standard InChI is InChI=1S/C17H22ClN3O3/c1-3-21-15(23)9-8-12(17(24)20-10-14(22)19-2)16(21)11-6-4-5-7-13(11)18/h4-7,12,16H,3,8-10H2,1-2H3,(H,19,22)(H,20,24)/t12-,16+/m1/s1. The first kappa shape index (κ1) is 18.3. The van der Waals surface area contributed by atoms with Crippen molar-refractivity contribution < 1.29 is 14.4 Å². The highest BCUT2D eigenvalue weighted by Gasteiger charge is 2.40. The van der Waals surface area contributed by atoms with Gasteiger partial charge in [0, 0.05) is 25.0 Å². The first-order chi connectivity index (χ1) is 11.5. The van der Waals surface area contributed by atoms with Crippen LogP contribution < -0.4 is 10.6 Å². The van der Waals surface area contributed by atoms with Gasteiger partial charge < -0.3 is 15.5 Å². The minimum Gasteiger partial charge on any atom is -0.358 e. The summed E-state index contributed by atoms with van der Waals surface area (Å²) >= 11 is 6.31. The number of hydrogen-bond acceptors (Lipinski definition) is 3. The molecule has 1 fully saturated rings. The molecule has 1 aromatic carbocycles. The second kappa shape index (κ2) is 8.15. The molecule has 1 aliphatic rings. The number of carbonyl (C=O) groups is 3. The zero-order valence-corrected chi connectivity index (χ0v) is 14.6. The summed E-state index contributed by atoms with van der Waals surface area (Å²) < 4.78 is 0. The minimum absolute atomic E-state index is 0.0118. The van der Waals surface area contributed by atoms with E-state index in [-0.39, 0.29) is 24.3 Å². The fourth-order valence-electron chi connectivity index (χ4n) is 3.09. The predicted octanol–water partition coefficient (Wildman–Crippen LogP) is 1.50. The van der Waals surface area contributed by atoms with Crippen LogP contribution in [-0.2, 0) is 14.4 Å². The third kappa shape index (κ3) is 3.87. The summed E-state index contributed by atoms with van der Waals surface area (Å²) in [5.74, 6) is -0.934. The lowest BCUT2D eigenvalue weighted by Gasteiger charge is -2.40. The zero-order valence-electron chi connectivity index (χ0n) is 13.8. The first-order valence-corrected chi connectivity index (χ1v) is 8.39. The Labute approximate surface area is 146 Å². The largest absolute Gasteiger partial charge is 0.358 e. The van der Waals surface area contributed by atoms with Gasteiger partial charge in [0.25, 0.3) is 0 Å². The Bertz CT molecular complexity index is 635. The molecule has 1 saturated heterocycles. The van der Waals surface area contributed by atoms with Gasteiger partial charge in [-0.1, -0.05) is 29.8 Å². The third-order valence-electron chi connectivity index (χ3n) is 4.31. The predicted molar refractivity (Wildman–Crippen MR) is 91.4 cm³/mol. The van der Waals surface area contributed by atoms with Crippen LogP contribution in [0.1, 0.15) is 31.4 Å². The molecule has 0 spiro atoms. The zero-order chi connectivity index (χ0) is 17.7. The van der Waals surface area contributed by atoms with Gasteiger partial charge in [0.05, 0.1) is 18.5 Å². The Morgan fingerprint density at radius 3 is 2.67 bits per heavy atom. The fourth-order valence-corrected chi connectivity index (χ4v) is 3.33. The molecule has 0 unspecified atom stereocenters. The maximum absolute atomic E-state index is 12.6. The number of carbonyl (C=O) groups excluding carboxylic acids is 3. The molecule has 3 amide bonds. The number of amides is 3. The lowest BCUT2D eigenvalue weighted by Crippen LogP contribution is -2.49. The van der Waals surface area contributed by atoms with E-state index in [4.69, 9.17) is 11.6 Å². The van der Waals surface area contributed by atoms with Crippen LogP contribution in [0.3, 0.4) is 0 Å². The Balaban J connectivity index is 2.30. The molecular formula is C17H22ClN3O3. The van der Waals surface area contributed by atoms with E-state index >= 15 is 0 Å².